The standard InChI is InChI=1S/C19H21NS/c1-2-7-19-17(6-1)18(10-11-21-19)20-13-14-4-3-5-16(12-14)15-8-9-15/h1-7,12,15,18,20H,8-11,13H2. The van der Waals surface area contributed by atoms with E-state index in [0.717, 1.165) is 12.5 Å². The molecule has 1 atom stereocenters. The maximum atomic E-state index is 3.77. The van der Waals surface area contributed by atoms with Crippen LogP contribution in [0.5, 0.6) is 0 Å². The lowest BCUT2D eigenvalue weighted by atomic mass is 10.0. The Kier molecular flexibility index (Phi) is 3.74. The van der Waals surface area contributed by atoms with Crippen LogP contribution in [-0.4, -0.2) is 5.75 Å². The Hall–Kier alpha value is -1.25. The maximum absolute atomic E-state index is 3.77. The highest BCUT2D eigenvalue weighted by atomic mass is 32.2. The summed E-state index contributed by atoms with van der Waals surface area (Å²) in [6.45, 7) is 0.976. The molecule has 2 heteroatoms. The van der Waals surface area contributed by atoms with Crippen molar-refractivity contribution in [1.29, 1.82) is 0 Å². The Morgan fingerprint density at radius 1 is 1.00 bits per heavy atom. The number of fused-ring (bicyclic) bond motifs is 1. The third kappa shape index (κ3) is 3.02. The molecule has 1 heterocycles. The topological polar surface area (TPSA) is 12.0 Å². The number of nitrogens with one attached hydrogen (secondary N) is 1. The van der Waals surface area contributed by atoms with Crippen molar-refractivity contribution in [3.05, 3.63) is 65.2 Å². The molecule has 4 rings (SSSR count). The highest BCUT2D eigenvalue weighted by Crippen LogP contribution is 2.40. The normalized spacial score (nSPS) is 21.0. The van der Waals surface area contributed by atoms with E-state index in [4.69, 9.17) is 0 Å². The molecule has 1 N–H and O–H groups in total. The van der Waals surface area contributed by atoms with Crippen molar-refractivity contribution in [2.75, 3.05) is 5.75 Å². The number of benzene rings is 2. The minimum absolute atomic E-state index is 0.507. The maximum Gasteiger partial charge on any atom is 0.0342 e. The lowest BCUT2D eigenvalue weighted by molar-refractivity contribution is 0.510. The average molecular weight is 295 g/mol. The Labute approximate surface area is 131 Å². The fourth-order valence-electron chi connectivity index (χ4n) is 3.17. The first-order valence-electron chi connectivity index (χ1n) is 7.94. The van der Waals surface area contributed by atoms with Gasteiger partial charge in [-0.05, 0) is 53.7 Å². The second-order valence-corrected chi connectivity index (χ2v) is 7.26. The summed E-state index contributed by atoms with van der Waals surface area (Å²) in [5.74, 6) is 2.06. The van der Waals surface area contributed by atoms with Gasteiger partial charge in [0.05, 0.1) is 0 Å². The number of thioether (sulfide) groups is 1. The first kappa shape index (κ1) is 13.4. The molecule has 0 spiro atoms. The average Bonchev–Trinajstić information content (AvgIpc) is 3.38. The van der Waals surface area contributed by atoms with Gasteiger partial charge in [-0.2, -0.15) is 0 Å². The molecule has 1 aliphatic heterocycles. The van der Waals surface area contributed by atoms with Crippen molar-refractivity contribution in [3.63, 3.8) is 0 Å². The SMILES string of the molecule is c1cc(CNC2CCSc3ccccc32)cc(C2CC2)c1. The summed E-state index contributed by atoms with van der Waals surface area (Å²) in [5.41, 5.74) is 4.44. The Bertz CT molecular complexity index is 633. The predicted octanol–water partition coefficient (Wildman–Crippen LogP) is 4.89. The van der Waals surface area contributed by atoms with Crippen LogP contribution in [0.15, 0.2) is 53.4 Å². The van der Waals surface area contributed by atoms with Gasteiger partial charge < -0.3 is 5.32 Å². The van der Waals surface area contributed by atoms with Crippen molar-refractivity contribution in [2.24, 2.45) is 0 Å². The number of hydrogen-bond donors (Lipinski definition) is 1. The minimum atomic E-state index is 0.507. The zero-order valence-electron chi connectivity index (χ0n) is 12.2. The molecule has 1 saturated carbocycles. The van der Waals surface area contributed by atoms with Crippen molar-refractivity contribution in [1.82, 2.24) is 5.32 Å². The highest BCUT2D eigenvalue weighted by molar-refractivity contribution is 7.99. The smallest absolute Gasteiger partial charge is 0.0342 e. The Balaban J connectivity index is 1.46. The molecule has 2 aromatic rings. The van der Waals surface area contributed by atoms with Crippen molar-refractivity contribution in [3.8, 4) is 0 Å². The van der Waals surface area contributed by atoms with E-state index < -0.39 is 0 Å². The van der Waals surface area contributed by atoms with Crippen LogP contribution in [0.2, 0.25) is 0 Å². The van der Waals surface area contributed by atoms with Gasteiger partial charge in [-0.3, -0.25) is 0 Å². The predicted molar refractivity (Wildman–Crippen MR) is 89.8 cm³/mol. The first-order chi connectivity index (χ1) is 10.4. The van der Waals surface area contributed by atoms with E-state index in [1.807, 2.05) is 11.8 Å². The van der Waals surface area contributed by atoms with Gasteiger partial charge in [0.1, 0.15) is 0 Å². The van der Waals surface area contributed by atoms with E-state index in [0.29, 0.717) is 6.04 Å². The molecule has 1 unspecified atom stereocenters. The van der Waals surface area contributed by atoms with E-state index in [1.54, 1.807) is 0 Å². The lowest BCUT2D eigenvalue weighted by Crippen LogP contribution is -2.24. The first-order valence-corrected chi connectivity index (χ1v) is 8.92. The van der Waals surface area contributed by atoms with Crippen LogP contribution in [0.4, 0.5) is 0 Å². The highest BCUT2D eigenvalue weighted by Gasteiger charge is 2.23. The van der Waals surface area contributed by atoms with E-state index >= 15 is 0 Å². The quantitative estimate of drug-likeness (QED) is 0.862. The third-order valence-electron chi connectivity index (χ3n) is 4.51. The molecule has 2 aliphatic rings. The van der Waals surface area contributed by atoms with Crippen LogP contribution in [0.25, 0.3) is 0 Å². The van der Waals surface area contributed by atoms with Crippen molar-refractivity contribution >= 4 is 11.8 Å². The molecule has 0 saturated heterocycles. The second kappa shape index (κ2) is 5.86. The zero-order chi connectivity index (χ0) is 14.1. The van der Waals surface area contributed by atoms with Crippen molar-refractivity contribution < 1.29 is 0 Å². The lowest BCUT2D eigenvalue weighted by Gasteiger charge is -2.26. The van der Waals surface area contributed by atoms with E-state index in [1.165, 1.54) is 46.6 Å². The molecule has 0 aromatic heterocycles. The van der Waals surface area contributed by atoms with Gasteiger partial charge in [-0.1, -0.05) is 42.5 Å². The van der Waals surface area contributed by atoms with Crippen LogP contribution < -0.4 is 5.32 Å². The molecule has 1 fully saturated rings. The number of rotatable bonds is 4. The molecule has 21 heavy (non-hydrogen) atoms. The summed E-state index contributed by atoms with van der Waals surface area (Å²) in [5, 5.41) is 3.77. The molecule has 1 nitrogen and oxygen atoms in total. The Morgan fingerprint density at radius 3 is 2.81 bits per heavy atom. The summed E-state index contributed by atoms with van der Waals surface area (Å²) >= 11 is 1.99. The van der Waals surface area contributed by atoms with Gasteiger partial charge in [-0.25, -0.2) is 0 Å². The molecule has 108 valence electrons. The molecule has 0 radical (unpaired) electrons. The van der Waals surface area contributed by atoms with Crippen LogP contribution in [0.3, 0.4) is 0 Å². The van der Waals surface area contributed by atoms with E-state index in [9.17, 15) is 0 Å². The fraction of sp³-hybridized carbons (Fsp3) is 0.368. The molecule has 1 aliphatic carbocycles. The van der Waals surface area contributed by atoms with Gasteiger partial charge >= 0.3 is 0 Å². The molecule has 0 bridgehead atoms. The molecular weight excluding hydrogens is 274 g/mol. The molecular formula is C19H21NS. The van der Waals surface area contributed by atoms with Gasteiger partial charge in [0.15, 0.2) is 0 Å². The second-order valence-electron chi connectivity index (χ2n) is 6.13. The van der Waals surface area contributed by atoms with Crippen LogP contribution in [-0.2, 0) is 6.54 Å². The van der Waals surface area contributed by atoms with Crippen LogP contribution in [0, 0.1) is 0 Å². The minimum Gasteiger partial charge on any atom is -0.306 e. The zero-order valence-corrected chi connectivity index (χ0v) is 13.0. The van der Waals surface area contributed by atoms with Gasteiger partial charge in [0.25, 0.3) is 0 Å². The van der Waals surface area contributed by atoms with Gasteiger partial charge in [0, 0.05) is 17.5 Å². The van der Waals surface area contributed by atoms with Crippen LogP contribution in [0.1, 0.15) is 47.9 Å². The number of hydrogen-bond acceptors (Lipinski definition) is 2. The monoisotopic (exact) mass is 295 g/mol. The van der Waals surface area contributed by atoms with E-state index in [2.05, 4.69) is 53.8 Å². The van der Waals surface area contributed by atoms with E-state index in [-0.39, 0.29) is 0 Å². The molecule has 2 aromatic carbocycles. The van der Waals surface area contributed by atoms with Gasteiger partial charge in [-0.15, -0.1) is 11.8 Å². The summed E-state index contributed by atoms with van der Waals surface area (Å²) < 4.78 is 0. The summed E-state index contributed by atoms with van der Waals surface area (Å²) in [6.07, 6.45) is 3.98. The van der Waals surface area contributed by atoms with Crippen LogP contribution >= 0.6 is 11.8 Å². The fourth-order valence-corrected chi connectivity index (χ4v) is 4.29. The Morgan fingerprint density at radius 2 is 1.90 bits per heavy atom. The summed E-state index contributed by atoms with van der Waals surface area (Å²) in [4.78, 5) is 1.45. The van der Waals surface area contributed by atoms with Crippen molar-refractivity contribution in [2.45, 2.75) is 42.7 Å². The molecule has 0 amide bonds. The van der Waals surface area contributed by atoms with Gasteiger partial charge in [0.2, 0.25) is 0 Å². The summed E-state index contributed by atoms with van der Waals surface area (Å²) in [6, 6.07) is 18.5. The summed E-state index contributed by atoms with van der Waals surface area (Å²) in [7, 11) is 0. The largest absolute Gasteiger partial charge is 0.306 e. The third-order valence-corrected chi connectivity index (χ3v) is 5.63.